The zero-order chi connectivity index (χ0) is 32.3. The lowest BCUT2D eigenvalue weighted by Crippen LogP contribution is -2.11. The van der Waals surface area contributed by atoms with Gasteiger partial charge in [0, 0.05) is 50.0 Å². The highest BCUT2D eigenvalue weighted by molar-refractivity contribution is 8.00. The van der Waals surface area contributed by atoms with Gasteiger partial charge < -0.3 is 19.1 Å². The summed E-state index contributed by atoms with van der Waals surface area (Å²) in [6, 6.07) is 33.8. The van der Waals surface area contributed by atoms with Crippen molar-refractivity contribution in [3.8, 4) is 22.6 Å². The van der Waals surface area contributed by atoms with Gasteiger partial charge in [0.25, 0.3) is 0 Å². The molecule has 1 N–H and O–H groups in total. The number of thioether (sulfide) groups is 1. The largest absolute Gasteiger partial charge is 0.487 e. The number of aliphatic carboxylic acids is 1. The Morgan fingerprint density at radius 2 is 1.72 bits per heavy atom. The first-order chi connectivity index (χ1) is 22.9. The van der Waals surface area contributed by atoms with Gasteiger partial charge in [-0.05, 0) is 53.9 Å². The summed E-state index contributed by atoms with van der Waals surface area (Å²) in [7, 11) is 0. The molecule has 0 radical (unpaired) electrons. The lowest BCUT2D eigenvalue weighted by molar-refractivity contribution is -0.136. The van der Waals surface area contributed by atoms with Gasteiger partial charge in [0.15, 0.2) is 0 Å². The molecule has 1 aliphatic heterocycles. The van der Waals surface area contributed by atoms with E-state index in [1.165, 1.54) is 15.8 Å². The van der Waals surface area contributed by atoms with Crippen molar-refractivity contribution in [2.24, 2.45) is 0 Å². The molecule has 0 aliphatic carbocycles. The number of carbonyl (C=O) groups is 1. The summed E-state index contributed by atoms with van der Waals surface area (Å²) in [5, 5.41) is 11.6. The Balaban J connectivity index is 1.24. The summed E-state index contributed by atoms with van der Waals surface area (Å²) < 4.78 is 15.2. The Labute approximate surface area is 283 Å². The normalized spacial score (nSPS) is 13.9. The quantitative estimate of drug-likeness (QED) is 0.149. The maximum absolute atomic E-state index is 11.5. The fourth-order valence-corrected chi connectivity index (χ4v) is 7.72. The average Bonchev–Trinajstić information content (AvgIpc) is 3.36. The van der Waals surface area contributed by atoms with E-state index in [4.69, 9.17) is 21.1 Å². The van der Waals surface area contributed by atoms with Crippen LogP contribution in [0.3, 0.4) is 0 Å². The van der Waals surface area contributed by atoms with Crippen LogP contribution in [0.15, 0.2) is 114 Å². The third-order valence-corrected chi connectivity index (χ3v) is 9.86. The van der Waals surface area contributed by atoms with E-state index in [2.05, 4.69) is 52.9 Å². The molecule has 1 aliphatic rings. The van der Waals surface area contributed by atoms with Crippen LogP contribution in [-0.2, 0) is 37.4 Å². The third-order valence-electron chi connectivity index (χ3n) is 8.38. The number of carboxylic acid groups (broad SMARTS) is 1. The number of benzene rings is 4. The predicted molar refractivity (Wildman–Crippen MR) is 188 cm³/mol. The summed E-state index contributed by atoms with van der Waals surface area (Å²) in [6.45, 7) is 3.50. The average molecular weight is 661 g/mol. The molecule has 47 heavy (non-hydrogen) atoms. The van der Waals surface area contributed by atoms with Gasteiger partial charge in [-0.2, -0.15) is 0 Å². The fourth-order valence-electron chi connectivity index (χ4n) is 6.21. The molecule has 0 amide bonds. The zero-order valence-electron chi connectivity index (χ0n) is 25.9. The summed E-state index contributed by atoms with van der Waals surface area (Å²) in [5.74, 6) is 0.541. The molecule has 6 nitrogen and oxygen atoms in total. The first kappa shape index (κ1) is 30.9. The smallest absolute Gasteiger partial charge is 0.307 e. The van der Waals surface area contributed by atoms with Crippen molar-refractivity contribution < 1.29 is 19.4 Å². The Hall–Kier alpha value is -4.72. The number of halogens is 1. The number of hydrogen-bond acceptors (Lipinski definition) is 5. The second-order valence-electron chi connectivity index (χ2n) is 11.7. The Morgan fingerprint density at radius 3 is 2.51 bits per heavy atom. The predicted octanol–water partition coefficient (Wildman–Crippen LogP) is 9.23. The van der Waals surface area contributed by atoms with Gasteiger partial charge in [-0.3, -0.25) is 9.78 Å². The monoisotopic (exact) mass is 660 g/mol. The van der Waals surface area contributed by atoms with Crippen LogP contribution < -0.4 is 9.47 Å². The van der Waals surface area contributed by atoms with Crippen LogP contribution in [0, 0.1) is 0 Å². The number of aromatic nitrogens is 2. The number of pyridine rings is 1. The topological polar surface area (TPSA) is 73.6 Å². The SMILES string of the molecule is C[C@@H]1Cc2c(OCc3ccc(-c4ccccc4)cn3)ccc3c2c(c(COc2ccccc2CC(=O)O)n3Cc2cccc(Cl)c2)S1. The molecule has 236 valence electrons. The van der Waals surface area contributed by atoms with E-state index < -0.39 is 5.97 Å². The molecule has 0 bridgehead atoms. The zero-order valence-corrected chi connectivity index (χ0v) is 27.4. The van der Waals surface area contributed by atoms with Gasteiger partial charge in [-0.15, -0.1) is 11.8 Å². The molecule has 0 saturated carbocycles. The Kier molecular flexibility index (Phi) is 8.92. The van der Waals surface area contributed by atoms with E-state index in [1.807, 2.05) is 78.6 Å². The van der Waals surface area contributed by atoms with E-state index >= 15 is 0 Å². The minimum Gasteiger partial charge on any atom is -0.487 e. The van der Waals surface area contributed by atoms with E-state index in [-0.39, 0.29) is 13.0 Å². The molecule has 4 aromatic carbocycles. The van der Waals surface area contributed by atoms with Crippen LogP contribution >= 0.6 is 23.4 Å². The summed E-state index contributed by atoms with van der Waals surface area (Å²) in [4.78, 5) is 17.4. The highest BCUT2D eigenvalue weighted by Crippen LogP contribution is 2.47. The fraction of sp³-hybridized carbons (Fsp3) is 0.179. The first-order valence-corrected chi connectivity index (χ1v) is 16.8. The number of hydrogen-bond donors (Lipinski definition) is 1. The Bertz CT molecular complexity index is 2060. The lowest BCUT2D eigenvalue weighted by atomic mass is 10.0. The number of nitrogens with zero attached hydrogens (tertiary/aromatic N) is 2. The molecule has 1 atom stereocenters. The number of carboxylic acids is 1. The third kappa shape index (κ3) is 6.73. The van der Waals surface area contributed by atoms with Crippen molar-refractivity contribution in [2.75, 3.05) is 0 Å². The van der Waals surface area contributed by atoms with Crippen LogP contribution in [0.1, 0.15) is 35.0 Å². The molecule has 6 aromatic rings. The highest BCUT2D eigenvalue weighted by atomic mass is 35.5. The van der Waals surface area contributed by atoms with Crippen molar-refractivity contribution in [1.29, 1.82) is 0 Å². The van der Waals surface area contributed by atoms with Crippen molar-refractivity contribution in [1.82, 2.24) is 9.55 Å². The maximum Gasteiger partial charge on any atom is 0.307 e. The summed E-state index contributed by atoms with van der Waals surface area (Å²) in [6.07, 6.45) is 2.66. The molecule has 3 heterocycles. The van der Waals surface area contributed by atoms with E-state index in [9.17, 15) is 9.90 Å². The number of ether oxygens (including phenoxy) is 2. The van der Waals surface area contributed by atoms with Gasteiger partial charge in [-0.1, -0.05) is 85.3 Å². The molecule has 0 unspecified atom stereocenters. The van der Waals surface area contributed by atoms with Gasteiger partial charge in [0.1, 0.15) is 24.7 Å². The molecule has 0 fully saturated rings. The molecule has 0 spiro atoms. The van der Waals surface area contributed by atoms with Gasteiger partial charge in [0.2, 0.25) is 0 Å². The molecule has 0 saturated heterocycles. The van der Waals surface area contributed by atoms with Crippen LogP contribution in [0.2, 0.25) is 5.02 Å². The second-order valence-corrected chi connectivity index (χ2v) is 13.6. The van der Waals surface area contributed by atoms with Crippen LogP contribution in [0.5, 0.6) is 11.5 Å². The van der Waals surface area contributed by atoms with Gasteiger partial charge in [0.05, 0.1) is 23.3 Å². The summed E-state index contributed by atoms with van der Waals surface area (Å²) in [5.41, 5.74) is 8.12. The number of para-hydroxylation sites is 1. The van der Waals surface area contributed by atoms with E-state index in [0.717, 1.165) is 45.8 Å². The van der Waals surface area contributed by atoms with Gasteiger partial charge in [-0.25, -0.2) is 0 Å². The van der Waals surface area contributed by atoms with Crippen molar-refractivity contribution in [3.63, 3.8) is 0 Å². The van der Waals surface area contributed by atoms with Crippen LogP contribution in [-0.4, -0.2) is 25.9 Å². The number of rotatable bonds is 11. The van der Waals surface area contributed by atoms with Gasteiger partial charge >= 0.3 is 5.97 Å². The standard InChI is InChI=1S/C39H33ClN2O4S/c1-25-18-32-36(45-23-31-15-14-29(21-41-31)27-9-3-2-4-10-27)17-16-33-38(32)39(47-25)34(42(33)22-26-8-7-12-30(40)19-26)24-46-35-13-6-5-11-28(35)20-37(43)44/h2-17,19,21,25H,18,20,22-24H2,1H3,(H,43,44)/t25-/m1/s1. The second kappa shape index (κ2) is 13.6. The highest BCUT2D eigenvalue weighted by Gasteiger charge is 2.29. The molecule has 8 heteroatoms. The van der Waals surface area contributed by atoms with Crippen LogP contribution in [0.4, 0.5) is 0 Å². The van der Waals surface area contributed by atoms with Crippen LogP contribution in [0.25, 0.3) is 22.0 Å². The summed E-state index contributed by atoms with van der Waals surface area (Å²) >= 11 is 8.24. The molecule has 2 aromatic heterocycles. The maximum atomic E-state index is 11.5. The van der Waals surface area contributed by atoms with Crippen molar-refractivity contribution in [3.05, 3.63) is 142 Å². The lowest BCUT2D eigenvalue weighted by Gasteiger charge is -2.22. The minimum absolute atomic E-state index is 0.102. The molecular weight excluding hydrogens is 628 g/mol. The van der Waals surface area contributed by atoms with E-state index in [0.29, 0.717) is 34.7 Å². The first-order valence-electron chi connectivity index (χ1n) is 15.6. The van der Waals surface area contributed by atoms with E-state index in [1.54, 1.807) is 6.07 Å². The minimum atomic E-state index is -0.893. The van der Waals surface area contributed by atoms with Crippen molar-refractivity contribution in [2.45, 2.75) is 49.7 Å². The molecular formula is C39H33ClN2O4S. The Morgan fingerprint density at radius 1 is 0.915 bits per heavy atom. The van der Waals surface area contributed by atoms with Crippen molar-refractivity contribution >= 4 is 40.2 Å². The molecule has 7 rings (SSSR count).